The van der Waals surface area contributed by atoms with E-state index < -0.39 is 10.0 Å². The smallest absolute Gasteiger partial charge is 0.271 e. The van der Waals surface area contributed by atoms with E-state index in [1.807, 2.05) is 50.2 Å². The number of hydrogen-bond donors (Lipinski definition) is 1. The fourth-order valence-electron chi connectivity index (χ4n) is 3.80. The van der Waals surface area contributed by atoms with Crippen LogP contribution < -0.4 is 14.6 Å². The van der Waals surface area contributed by atoms with Crippen molar-refractivity contribution < 1.29 is 13.2 Å². The number of carbonyl (C=O) groups is 1. The molecule has 190 valence electrons. The second kappa shape index (κ2) is 11.9. The largest absolute Gasteiger partial charge is 0.372 e. The molecule has 0 spiro atoms. The third kappa shape index (κ3) is 6.95. The lowest BCUT2D eigenvalue weighted by Crippen LogP contribution is -2.29. The van der Waals surface area contributed by atoms with E-state index in [9.17, 15) is 13.2 Å². The van der Waals surface area contributed by atoms with Crippen LogP contribution in [-0.4, -0.2) is 39.9 Å². The van der Waals surface area contributed by atoms with Crippen LogP contribution in [0.15, 0.2) is 71.8 Å². The van der Waals surface area contributed by atoms with E-state index in [1.165, 1.54) is 10.6 Å². The Bertz CT molecular complexity index is 1310. The molecule has 0 saturated heterocycles. The Morgan fingerprint density at radius 2 is 1.50 bits per heavy atom. The summed E-state index contributed by atoms with van der Waals surface area (Å²) in [5, 5.41) is 4.07. The van der Waals surface area contributed by atoms with E-state index >= 15 is 0 Å². The SMILES string of the molecule is CCN(CC)c1ccc(/C=N/NC(=O)c2ccc(CN(c3ccc(C)c(C)c3)S(C)(=O)=O)cc2)cc1. The first-order valence-electron chi connectivity index (χ1n) is 11.9. The minimum atomic E-state index is -3.49. The summed E-state index contributed by atoms with van der Waals surface area (Å²) < 4.78 is 26.3. The summed E-state index contributed by atoms with van der Waals surface area (Å²) >= 11 is 0. The van der Waals surface area contributed by atoms with Crippen molar-refractivity contribution in [2.45, 2.75) is 34.2 Å². The topological polar surface area (TPSA) is 82.1 Å². The summed E-state index contributed by atoms with van der Waals surface area (Å²) in [6.45, 7) is 10.2. The molecule has 0 aromatic heterocycles. The van der Waals surface area contributed by atoms with Crippen molar-refractivity contribution in [3.05, 3.63) is 94.5 Å². The zero-order valence-corrected chi connectivity index (χ0v) is 22.3. The van der Waals surface area contributed by atoms with Crippen LogP contribution in [0.2, 0.25) is 0 Å². The summed E-state index contributed by atoms with van der Waals surface area (Å²) in [5.74, 6) is -0.341. The van der Waals surface area contributed by atoms with Crippen LogP contribution in [0.5, 0.6) is 0 Å². The van der Waals surface area contributed by atoms with Crippen molar-refractivity contribution in [3.8, 4) is 0 Å². The first-order valence-corrected chi connectivity index (χ1v) is 13.8. The highest BCUT2D eigenvalue weighted by atomic mass is 32.2. The van der Waals surface area contributed by atoms with Gasteiger partial charge in [-0.15, -0.1) is 0 Å². The normalized spacial score (nSPS) is 11.5. The predicted molar refractivity (Wildman–Crippen MR) is 148 cm³/mol. The number of hydrogen-bond acceptors (Lipinski definition) is 5. The Labute approximate surface area is 214 Å². The van der Waals surface area contributed by atoms with Crippen LogP contribution in [0.4, 0.5) is 11.4 Å². The first-order chi connectivity index (χ1) is 17.1. The zero-order chi connectivity index (χ0) is 26.3. The maximum Gasteiger partial charge on any atom is 0.271 e. The van der Waals surface area contributed by atoms with Crippen molar-refractivity contribution in [1.82, 2.24) is 5.43 Å². The molecule has 1 amide bonds. The lowest BCUT2D eigenvalue weighted by atomic mass is 10.1. The molecule has 0 unspecified atom stereocenters. The van der Waals surface area contributed by atoms with Gasteiger partial charge in [0.2, 0.25) is 10.0 Å². The van der Waals surface area contributed by atoms with E-state index in [4.69, 9.17) is 0 Å². The summed E-state index contributed by atoms with van der Waals surface area (Å²) in [6, 6.07) is 20.4. The first kappa shape index (κ1) is 26.9. The number of nitrogens with zero attached hydrogens (tertiary/aromatic N) is 3. The highest BCUT2D eigenvalue weighted by Crippen LogP contribution is 2.23. The standard InChI is InChI=1S/C28H34N4O3S/c1-6-31(7-2)26-16-11-23(12-17-26)19-29-30-28(33)25-13-9-24(10-14-25)20-32(36(5,34)35)27-15-8-21(3)22(4)18-27/h8-19H,6-7,20H2,1-5H3,(H,30,33)/b29-19+. The molecule has 1 N–H and O–H groups in total. The number of aryl methyl sites for hydroxylation is 2. The third-order valence-corrected chi connectivity index (χ3v) is 7.26. The fraction of sp³-hybridized carbons (Fsp3) is 0.286. The molecule has 36 heavy (non-hydrogen) atoms. The molecule has 3 aromatic rings. The van der Waals surface area contributed by atoms with Crippen LogP contribution in [0.25, 0.3) is 0 Å². The number of hydrazone groups is 1. The molecule has 0 aliphatic heterocycles. The number of amides is 1. The molecule has 0 fully saturated rings. The van der Waals surface area contributed by atoms with Gasteiger partial charge in [-0.05, 0) is 86.3 Å². The average molecular weight is 507 g/mol. The molecule has 7 nitrogen and oxygen atoms in total. The third-order valence-electron chi connectivity index (χ3n) is 6.12. The molecule has 3 rings (SSSR count). The number of anilines is 2. The van der Waals surface area contributed by atoms with Crippen molar-refractivity contribution in [2.75, 3.05) is 28.6 Å². The molecule has 0 radical (unpaired) electrons. The van der Waals surface area contributed by atoms with Gasteiger partial charge in [-0.1, -0.05) is 30.3 Å². The number of nitrogens with one attached hydrogen (secondary N) is 1. The van der Waals surface area contributed by atoms with Crippen molar-refractivity contribution in [3.63, 3.8) is 0 Å². The predicted octanol–water partition coefficient (Wildman–Crippen LogP) is 4.88. The fourth-order valence-corrected chi connectivity index (χ4v) is 4.68. The zero-order valence-electron chi connectivity index (χ0n) is 21.5. The molecule has 0 heterocycles. The Morgan fingerprint density at radius 1 is 0.889 bits per heavy atom. The lowest BCUT2D eigenvalue weighted by molar-refractivity contribution is 0.0955. The molecule has 3 aromatic carbocycles. The van der Waals surface area contributed by atoms with Gasteiger partial charge in [-0.2, -0.15) is 5.10 Å². The molecule has 0 aliphatic carbocycles. The van der Waals surface area contributed by atoms with Gasteiger partial charge in [0, 0.05) is 24.3 Å². The Morgan fingerprint density at radius 3 is 2.06 bits per heavy atom. The van der Waals surface area contributed by atoms with Crippen molar-refractivity contribution in [2.24, 2.45) is 5.10 Å². The minimum absolute atomic E-state index is 0.172. The molecular formula is C28H34N4O3S. The molecule has 0 saturated carbocycles. The summed E-state index contributed by atoms with van der Waals surface area (Å²) in [4.78, 5) is 14.8. The molecule has 0 bridgehead atoms. The van der Waals surface area contributed by atoms with Gasteiger partial charge in [-0.3, -0.25) is 9.10 Å². The quantitative estimate of drug-likeness (QED) is 0.314. The Kier molecular flexibility index (Phi) is 8.88. The van der Waals surface area contributed by atoms with E-state index in [-0.39, 0.29) is 12.5 Å². The van der Waals surface area contributed by atoms with Crippen LogP contribution >= 0.6 is 0 Å². The summed E-state index contributed by atoms with van der Waals surface area (Å²) in [5.41, 5.74) is 8.51. The van der Waals surface area contributed by atoms with Crippen LogP contribution in [0, 0.1) is 13.8 Å². The molecular weight excluding hydrogens is 472 g/mol. The van der Waals surface area contributed by atoms with Gasteiger partial charge in [-0.25, -0.2) is 13.8 Å². The van der Waals surface area contributed by atoms with Gasteiger partial charge in [0.05, 0.1) is 24.7 Å². The van der Waals surface area contributed by atoms with Gasteiger partial charge in [0.1, 0.15) is 0 Å². The summed E-state index contributed by atoms with van der Waals surface area (Å²) in [6.07, 6.45) is 2.80. The molecule has 8 heteroatoms. The average Bonchev–Trinajstić information content (AvgIpc) is 2.85. The molecule has 0 atom stereocenters. The van der Waals surface area contributed by atoms with Crippen LogP contribution in [0.1, 0.15) is 46.5 Å². The van der Waals surface area contributed by atoms with Gasteiger partial charge < -0.3 is 4.90 Å². The Hall–Kier alpha value is -3.65. The maximum atomic E-state index is 12.5. The van der Waals surface area contributed by atoms with Crippen molar-refractivity contribution >= 4 is 33.5 Å². The van der Waals surface area contributed by atoms with E-state index in [0.717, 1.165) is 41.0 Å². The maximum absolute atomic E-state index is 12.5. The number of rotatable bonds is 10. The van der Waals surface area contributed by atoms with E-state index in [2.05, 4.69) is 29.3 Å². The number of sulfonamides is 1. The lowest BCUT2D eigenvalue weighted by Gasteiger charge is -2.23. The monoisotopic (exact) mass is 506 g/mol. The minimum Gasteiger partial charge on any atom is -0.372 e. The molecule has 0 aliphatic rings. The van der Waals surface area contributed by atoms with Gasteiger partial charge >= 0.3 is 0 Å². The van der Waals surface area contributed by atoms with E-state index in [0.29, 0.717) is 11.3 Å². The van der Waals surface area contributed by atoms with Crippen molar-refractivity contribution in [1.29, 1.82) is 0 Å². The Balaban J connectivity index is 1.64. The van der Waals surface area contributed by atoms with Gasteiger partial charge in [0.15, 0.2) is 0 Å². The van der Waals surface area contributed by atoms with Crippen LogP contribution in [0.3, 0.4) is 0 Å². The van der Waals surface area contributed by atoms with Gasteiger partial charge in [0.25, 0.3) is 5.91 Å². The van der Waals surface area contributed by atoms with E-state index in [1.54, 1.807) is 36.5 Å². The highest BCUT2D eigenvalue weighted by molar-refractivity contribution is 7.92. The highest BCUT2D eigenvalue weighted by Gasteiger charge is 2.18. The second-order valence-corrected chi connectivity index (χ2v) is 10.6. The number of benzene rings is 3. The summed E-state index contributed by atoms with van der Waals surface area (Å²) in [7, 11) is -3.49. The van der Waals surface area contributed by atoms with Crippen LogP contribution in [-0.2, 0) is 16.6 Å². The number of carbonyl (C=O) groups excluding carboxylic acids is 1. The second-order valence-electron chi connectivity index (χ2n) is 8.70.